The van der Waals surface area contributed by atoms with Crippen molar-refractivity contribution in [3.05, 3.63) is 35.2 Å². The summed E-state index contributed by atoms with van der Waals surface area (Å²) < 4.78 is 3.79. The predicted octanol–water partition coefficient (Wildman–Crippen LogP) is 3.94. The van der Waals surface area contributed by atoms with Crippen molar-refractivity contribution < 1.29 is 4.79 Å². The van der Waals surface area contributed by atoms with Gasteiger partial charge in [-0.2, -0.15) is 0 Å². The van der Waals surface area contributed by atoms with Crippen LogP contribution in [0.1, 0.15) is 22.5 Å². The lowest BCUT2D eigenvalue weighted by atomic mass is 10.1. The monoisotopic (exact) mass is 330 g/mol. The van der Waals surface area contributed by atoms with E-state index in [9.17, 15) is 4.79 Å². The van der Waals surface area contributed by atoms with Gasteiger partial charge in [-0.15, -0.1) is 22.7 Å². The molecule has 0 radical (unpaired) electrons. The lowest BCUT2D eigenvalue weighted by Crippen LogP contribution is -2.46. The van der Waals surface area contributed by atoms with Crippen molar-refractivity contribution in [2.45, 2.75) is 18.9 Å². The molecule has 22 heavy (non-hydrogen) atoms. The number of carbonyl (C=O) groups is 1. The molecule has 1 aliphatic heterocycles. The Morgan fingerprint density at radius 2 is 2.14 bits per heavy atom. The standard InChI is InChI=1S/C17H18N2OS2/c1-18-11-5-4-8-19(10-11)17(20)15-9-14-16(22-15)12-6-2-3-7-13(12)21-14/h2-3,6-7,9,11,18H,4-5,8,10H2,1H3. The van der Waals surface area contributed by atoms with E-state index in [4.69, 9.17) is 0 Å². The van der Waals surface area contributed by atoms with Gasteiger partial charge in [-0.3, -0.25) is 4.79 Å². The Morgan fingerprint density at radius 3 is 3.00 bits per heavy atom. The molecule has 114 valence electrons. The summed E-state index contributed by atoms with van der Waals surface area (Å²) >= 11 is 3.42. The van der Waals surface area contributed by atoms with Crippen LogP contribution in [0.4, 0.5) is 0 Å². The first kappa shape index (κ1) is 14.2. The topological polar surface area (TPSA) is 32.3 Å². The van der Waals surface area contributed by atoms with E-state index in [1.807, 2.05) is 11.9 Å². The average Bonchev–Trinajstić information content (AvgIpc) is 3.12. The Kier molecular flexibility index (Phi) is 3.64. The van der Waals surface area contributed by atoms with E-state index in [2.05, 4.69) is 35.6 Å². The number of nitrogens with one attached hydrogen (secondary N) is 1. The highest BCUT2D eigenvalue weighted by Gasteiger charge is 2.25. The van der Waals surface area contributed by atoms with Crippen LogP contribution in [0.15, 0.2) is 30.3 Å². The predicted molar refractivity (Wildman–Crippen MR) is 95.2 cm³/mol. The molecule has 3 aromatic rings. The molecule has 0 bridgehead atoms. The molecule has 1 aliphatic rings. The zero-order chi connectivity index (χ0) is 15.1. The van der Waals surface area contributed by atoms with Gasteiger partial charge in [0.1, 0.15) is 0 Å². The molecule has 3 heterocycles. The second-order valence-electron chi connectivity index (χ2n) is 5.78. The summed E-state index contributed by atoms with van der Waals surface area (Å²) in [6.45, 7) is 1.70. The first-order valence-corrected chi connectivity index (χ1v) is 9.27. The summed E-state index contributed by atoms with van der Waals surface area (Å²) in [5.74, 6) is 0.192. The minimum atomic E-state index is 0.192. The molecule has 1 N–H and O–H groups in total. The van der Waals surface area contributed by atoms with Gasteiger partial charge >= 0.3 is 0 Å². The van der Waals surface area contributed by atoms with Crippen molar-refractivity contribution in [2.24, 2.45) is 0 Å². The summed E-state index contributed by atoms with van der Waals surface area (Å²) in [6.07, 6.45) is 2.24. The van der Waals surface area contributed by atoms with Crippen LogP contribution in [0, 0.1) is 0 Å². The first-order valence-electron chi connectivity index (χ1n) is 7.64. The number of likely N-dealkylation sites (tertiary alicyclic amines) is 1. The second-order valence-corrected chi connectivity index (χ2v) is 7.92. The molecule has 1 amide bonds. The molecule has 3 nitrogen and oxygen atoms in total. The molecule has 0 aliphatic carbocycles. The van der Waals surface area contributed by atoms with Crippen molar-refractivity contribution in [1.29, 1.82) is 0 Å². The third kappa shape index (κ3) is 2.33. The normalized spacial score (nSPS) is 19.1. The van der Waals surface area contributed by atoms with Gasteiger partial charge in [0.2, 0.25) is 0 Å². The highest BCUT2D eigenvalue weighted by Crippen LogP contribution is 2.39. The molecule has 1 atom stereocenters. The largest absolute Gasteiger partial charge is 0.336 e. The Labute approximate surface area is 137 Å². The maximum absolute atomic E-state index is 12.8. The number of hydrogen-bond acceptors (Lipinski definition) is 4. The van der Waals surface area contributed by atoms with Crippen LogP contribution in [0.5, 0.6) is 0 Å². The molecule has 2 aromatic heterocycles. The molecule has 0 spiro atoms. The van der Waals surface area contributed by atoms with Gasteiger partial charge in [0.05, 0.1) is 9.58 Å². The fourth-order valence-electron chi connectivity index (χ4n) is 3.16. The van der Waals surface area contributed by atoms with Crippen LogP contribution >= 0.6 is 22.7 Å². The highest BCUT2D eigenvalue weighted by molar-refractivity contribution is 7.33. The smallest absolute Gasteiger partial charge is 0.264 e. The number of nitrogens with zero attached hydrogens (tertiary/aromatic N) is 1. The summed E-state index contributed by atoms with van der Waals surface area (Å²) in [5.41, 5.74) is 0. The third-order valence-electron chi connectivity index (χ3n) is 4.38. The van der Waals surface area contributed by atoms with Crippen molar-refractivity contribution in [2.75, 3.05) is 20.1 Å². The molecule has 1 fully saturated rings. The van der Waals surface area contributed by atoms with E-state index in [1.54, 1.807) is 22.7 Å². The van der Waals surface area contributed by atoms with Crippen LogP contribution < -0.4 is 5.32 Å². The molecule has 1 unspecified atom stereocenters. The number of carbonyl (C=O) groups excluding carboxylic acids is 1. The Bertz CT molecular complexity index is 836. The van der Waals surface area contributed by atoms with E-state index in [0.717, 1.165) is 30.8 Å². The molecular weight excluding hydrogens is 312 g/mol. The number of thiophene rings is 2. The van der Waals surface area contributed by atoms with Crippen molar-refractivity contribution >= 4 is 48.1 Å². The van der Waals surface area contributed by atoms with Crippen molar-refractivity contribution in [3.8, 4) is 0 Å². The zero-order valence-corrected chi connectivity index (χ0v) is 14.1. The molecule has 1 saturated heterocycles. The summed E-state index contributed by atoms with van der Waals surface area (Å²) in [6, 6.07) is 10.9. The number of fused-ring (bicyclic) bond motifs is 3. The zero-order valence-electron chi connectivity index (χ0n) is 12.5. The van der Waals surface area contributed by atoms with Crippen LogP contribution in [0.2, 0.25) is 0 Å². The number of benzene rings is 1. The van der Waals surface area contributed by atoms with Gasteiger partial charge in [-0.1, -0.05) is 18.2 Å². The Hall–Kier alpha value is -1.43. The minimum Gasteiger partial charge on any atom is -0.336 e. The summed E-state index contributed by atoms with van der Waals surface area (Å²) in [4.78, 5) is 15.7. The molecule has 0 saturated carbocycles. The minimum absolute atomic E-state index is 0.192. The number of hydrogen-bond donors (Lipinski definition) is 1. The van der Waals surface area contributed by atoms with Crippen LogP contribution in [-0.2, 0) is 0 Å². The fourth-order valence-corrected chi connectivity index (χ4v) is 5.65. The lowest BCUT2D eigenvalue weighted by molar-refractivity contribution is 0.0703. The molecular formula is C17H18N2OS2. The molecule has 1 aromatic carbocycles. The highest BCUT2D eigenvalue weighted by atomic mass is 32.1. The van der Waals surface area contributed by atoms with E-state index in [0.29, 0.717) is 6.04 Å². The third-order valence-corrected chi connectivity index (χ3v) is 6.78. The molecule has 5 heteroatoms. The number of likely N-dealkylation sites (N-methyl/N-ethyl adjacent to an activating group) is 1. The first-order chi connectivity index (χ1) is 10.8. The van der Waals surface area contributed by atoms with Crippen molar-refractivity contribution in [1.82, 2.24) is 10.2 Å². The number of piperidine rings is 1. The summed E-state index contributed by atoms with van der Waals surface area (Å²) in [7, 11) is 1.98. The fraction of sp³-hybridized carbons (Fsp3) is 0.353. The number of amides is 1. The second kappa shape index (κ2) is 5.65. The Balaban J connectivity index is 1.67. The van der Waals surface area contributed by atoms with E-state index < -0.39 is 0 Å². The van der Waals surface area contributed by atoms with Gasteiger partial charge < -0.3 is 10.2 Å². The van der Waals surface area contributed by atoms with Gasteiger partial charge in [-0.25, -0.2) is 0 Å². The Morgan fingerprint density at radius 1 is 1.27 bits per heavy atom. The van der Waals surface area contributed by atoms with Crippen molar-refractivity contribution in [3.63, 3.8) is 0 Å². The maximum Gasteiger partial charge on any atom is 0.264 e. The van der Waals surface area contributed by atoms with Gasteiger partial charge in [0.15, 0.2) is 0 Å². The van der Waals surface area contributed by atoms with Gasteiger partial charge in [-0.05, 0) is 32.0 Å². The lowest BCUT2D eigenvalue weighted by Gasteiger charge is -2.32. The molecule has 4 rings (SSSR count). The maximum atomic E-state index is 12.8. The van der Waals surface area contributed by atoms with Gasteiger partial charge in [0, 0.05) is 33.9 Å². The van der Waals surface area contributed by atoms with Crippen LogP contribution in [-0.4, -0.2) is 37.0 Å². The van der Waals surface area contributed by atoms with E-state index in [1.165, 1.54) is 19.5 Å². The summed E-state index contributed by atoms with van der Waals surface area (Å²) in [5, 5.41) is 4.57. The van der Waals surface area contributed by atoms with E-state index in [-0.39, 0.29) is 5.91 Å². The quantitative estimate of drug-likeness (QED) is 0.772. The van der Waals surface area contributed by atoms with Gasteiger partial charge in [0.25, 0.3) is 5.91 Å². The average molecular weight is 330 g/mol. The number of rotatable bonds is 2. The SMILES string of the molecule is CNC1CCCN(C(=O)c2cc3sc4ccccc4c3s2)C1. The van der Waals surface area contributed by atoms with Crippen LogP contribution in [0.25, 0.3) is 19.5 Å². The van der Waals surface area contributed by atoms with E-state index >= 15 is 0 Å². The van der Waals surface area contributed by atoms with Crippen LogP contribution in [0.3, 0.4) is 0 Å².